The van der Waals surface area contributed by atoms with E-state index in [0.717, 1.165) is 6.26 Å². The molecule has 1 aromatic carbocycles. The van der Waals surface area contributed by atoms with Gasteiger partial charge in [-0.1, -0.05) is 65.0 Å². The zero-order valence-corrected chi connectivity index (χ0v) is 29.8. The Labute approximate surface area is 283 Å². The van der Waals surface area contributed by atoms with Crippen LogP contribution < -0.4 is 21.3 Å². The highest BCUT2D eigenvalue weighted by Gasteiger charge is 2.33. The van der Waals surface area contributed by atoms with Crippen LogP contribution in [0.2, 0.25) is 0 Å². The summed E-state index contributed by atoms with van der Waals surface area (Å²) in [6.45, 7) is 12.7. The van der Waals surface area contributed by atoms with Gasteiger partial charge in [-0.2, -0.15) is 0 Å². The standard InChI is InChI=1S/C33H51N5O9S/c1-19(2)14-25(36-31(41)27(18-48(8,44)45)37-33(43)46-17-26-22(6)47-23(7)35-26)28(39)15-21(5)30(40)38-29(24-12-10-9-11-13-24)32(42)34-16-20(3)4/h9-13,19-21,25,27-29,39H,14-18H2,1-8H3,(H,34,42)(H,36,41)(H,37,43)(H,38,40)/t21-,25+,27+,28+,29+/m1/s1. The van der Waals surface area contributed by atoms with Crippen molar-refractivity contribution in [2.24, 2.45) is 17.8 Å². The lowest BCUT2D eigenvalue weighted by Crippen LogP contribution is -2.55. The molecule has 0 unspecified atom stereocenters. The maximum atomic E-state index is 13.4. The molecule has 0 aliphatic carbocycles. The highest BCUT2D eigenvalue weighted by molar-refractivity contribution is 7.90. The first-order valence-corrected chi connectivity index (χ1v) is 18.1. The molecule has 5 N–H and O–H groups in total. The number of hydrogen-bond donors (Lipinski definition) is 5. The summed E-state index contributed by atoms with van der Waals surface area (Å²) in [6, 6.07) is 5.42. The summed E-state index contributed by atoms with van der Waals surface area (Å²) in [5.74, 6) is -2.17. The Bertz CT molecular complexity index is 1480. The molecule has 0 spiro atoms. The Hall–Kier alpha value is -3.98. The van der Waals surface area contributed by atoms with Crippen molar-refractivity contribution in [1.29, 1.82) is 0 Å². The first kappa shape index (κ1) is 40.2. The van der Waals surface area contributed by atoms with E-state index in [1.807, 2.05) is 27.7 Å². The van der Waals surface area contributed by atoms with E-state index in [9.17, 15) is 32.7 Å². The van der Waals surface area contributed by atoms with Crippen LogP contribution in [0, 0.1) is 31.6 Å². The first-order chi connectivity index (χ1) is 22.4. The van der Waals surface area contributed by atoms with Crippen LogP contribution in [-0.4, -0.2) is 79.1 Å². The van der Waals surface area contributed by atoms with Crippen LogP contribution in [0.25, 0.3) is 0 Å². The van der Waals surface area contributed by atoms with Crippen molar-refractivity contribution in [3.8, 4) is 0 Å². The van der Waals surface area contributed by atoms with E-state index in [-0.39, 0.29) is 37.2 Å². The number of ether oxygens (including phenoxy) is 1. The van der Waals surface area contributed by atoms with Gasteiger partial charge in [0.05, 0.1) is 17.9 Å². The Kier molecular flexibility index (Phi) is 15.5. The Morgan fingerprint density at radius 1 is 0.896 bits per heavy atom. The van der Waals surface area contributed by atoms with Gasteiger partial charge < -0.3 is 35.5 Å². The first-order valence-electron chi connectivity index (χ1n) is 16.0. The minimum Gasteiger partial charge on any atom is -0.446 e. The van der Waals surface area contributed by atoms with E-state index in [4.69, 9.17) is 9.15 Å². The molecule has 4 amide bonds. The van der Waals surface area contributed by atoms with Crippen LogP contribution >= 0.6 is 0 Å². The number of aliphatic hydroxyl groups is 1. The molecule has 1 heterocycles. The van der Waals surface area contributed by atoms with Crippen LogP contribution in [0.1, 0.15) is 76.4 Å². The van der Waals surface area contributed by atoms with Crippen molar-refractivity contribution in [2.75, 3.05) is 18.6 Å². The van der Waals surface area contributed by atoms with Gasteiger partial charge in [0, 0.05) is 25.6 Å². The molecule has 0 radical (unpaired) electrons. The summed E-state index contributed by atoms with van der Waals surface area (Å²) in [6.07, 6.45) is -1.15. The zero-order valence-electron chi connectivity index (χ0n) is 29.0. The van der Waals surface area contributed by atoms with E-state index in [1.54, 1.807) is 51.1 Å². The minimum atomic E-state index is -3.75. The minimum absolute atomic E-state index is 0.0124. The predicted octanol–water partition coefficient (Wildman–Crippen LogP) is 2.48. The molecule has 0 fully saturated rings. The molecule has 0 aliphatic rings. The van der Waals surface area contributed by atoms with Crippen molar-refractivity contribution in [3.63, 3.8) is 0 Å². The van der Waals surface area contributed by atoms with Crippen molar-refractivity contribution in [3.05, 3.63) is 53.2 Å². The van der Waals surface area contributed by atoms with Gasteiger partial charge in [-0.25, -0.2) is 18.2 Å². The second-order valence-corrected chi connectivity index (χ2v) is 15.2. The maximum Gasteiger partial charge on any atom is 0.408 e. The number of rotatable bonds is 18. The Balaban J connectivity index is 2.14. The molecule has 2 rings (SSSR count). The van der Waals surface area contributed by atoms with Gasteiger partial charge in [-0.05, 0) is 37.2 Å². The summed E-state index contributed by atoms with van der Waals surface area (Å²) >= 11 is 0. The normalized spacial score (nSPS) is 14.8. The monoisotopic (exact) mass is 693 g/mol. The van der Waals surface area contributed by atoms with Crippen molar-refractivity contribution >= 4 is 33.7 Å². The maximum absolute atomic E-state index is 13.4. The average molecular weight is 694 g/mol. The third kappa shape index (κ3) is 14.0. The van der Waals surface area contributed by atoms with E-state index in [1.165, 1.54) is 0 Å². The number of sulfone groups is 1. The number of alkyl carbamates (subject to hydrolysis) is 1. The molecule has 0 bridgehead atoms. The zero-order chi connectivity index (χ0) is 36.2. The number of nitrogens with zero attached hydrogens (tertiary/aromatic N) is 1. The average Bonchev–Trinajstić information content (AvgIpc) is 3.32. The summed E-state index contributed by atoms with van der Waals surface area (Å²) in [7, 11) is -3.75. The van der Waals surface area contributed by atoms with E-state index >= 15 is 0 Å². The lowest BCUT2D eigenvalue weighted by Gasteiger charge is -2.29. The fourth-order valence-corrected chi connectivity index (χ4v) is 5.72. The molecule has 268 valence electrons. The number of carbonyl (C=O) groups is 4. The number of benzene rings is 1. The predicted molar refractivity (Wildman–Crippen MR) is 179 cm³/mol. The molecular formula is C33H51N5O9S. The third-order valence-corrected chi connectivity index (χ3v) is 8.28. The molecule has 0 aliphatic heterocycles. The fraction of sp³-hybridized carbons (Fsp3) is 0.606. The summed E-state index contributed by atoms with van der Waals surface area (Å²) in [5.41, 5.74) is 0.968. The lowest BCUT2D eigenvalue weighted by atomic mass is 9.92. The van der Waals surface area contributed by atoms with Gasteiger partial charge in [0.15, 0.2) is 5.89 Å². The Morgan fingerprint density at radius 3 is 2.08 bits per heavy atom. The van der Waals surface area contributed by atoms with Crippen LogP contribution in [0.15, 0.2) is 34.7 Å². The Morgan fingerprint density at radius 2 is 1.54 bits per heavy atom. The quantitative estimate of drug-likeness (QED) is 0.154. The molecule has 2 aromatic rings. The fourth-order valence-electron chi connectivity index (χ4n) is 4.88. The molecule has 0 saturated heterocycles. The van der Waals surface area contributed by atoms with Gasteiger partial charge in [-0.3, -0.25) is 14.4 Å². The van der Waals surface area contributed by atoms with E-state index in [2.05, 4.69) is 26.3 Å². The molecule has 5 atom stereocenters. The summed E-state index contributed by atoms with van der Waals surface area (Å²) in [4.78, 5) is 56.4. The van der Waals surface area contributed by atoms with Gasteiger partial charge >= 0.3 is 6.09 Å². The highest BCUT2D eigenvalue weighted by atomic mass is 32.2. The van der Waals surface area contributed by atoms with Crippen molar-refractivity contribution in [2.45, 2.75) is 92.1 Å². The second kappa shape index (κ2) is 18.5. The van der Waals surface area contributed by atoms with E-state index in [0.29, 0.717) is 29.5 Å². The molecule has 15 heteroatoms. The third-order valence-electron chi connectivity index (χ3n) is 7.34. The van der Waals surface area contributed by atoms with Gasteiger partial charge in [0.2, 0.25) is 17.7 Å². The van der Waals surface area contributed by atoms with Gasteiger partial charge in [0.1, 0.15) is 40.0 Å². The number of aromatic nitrogens is 1. The highest BCUT2D eigenvalue weighted by Crippen LogP contribution is 2.19. The second-order valence-electron chi connectivity index (χ2n) is 13.0. The topological polar surface area (TPSA) is 206 Å². The van der Waals surface area contributed by atoms with Crippen LogP contribution in [0.3, 0.4) is 0 Å². The number of amides is 4. The molecule has 14 nitrogen and oxygen atoms in total. The number of aryl methyl sites for hydroxylation is 2. The van der Waals surface area contributed by atoms with Gasteiger partial charge in [-0.15, -0.1) is 0 Å². The smallest absolute Gasteiger partial charge is 0.408 e. The number of aliphatic hydroxyl groups excluding tert-OH is 1. The number of nitrogens with one attached hydrogen (secondary N) is 4. The molecule has 0 saturated carbocycles. The SMILES string of the molecule is Cc1nc(COC(=O)N[C@@H](CS(C)(=O)=O)C(=O)N[C@@H](CC(C)C)[C@@H](O)C[C@@H](C)C(=O)N[C@H](C(=O)NCC(C)C)c2ccccc2)c(C)o1. The van der Waals surface area contributed by atoms with Crippen LogP contribution in [0.5, 0.6) is 0 Å². The van der Waals surface area contributed by atoms with Gasteiger partial charge in [0.25, 0.3) is 0 Å². The molecule has 48 heavy (non-hydrogen) atoms. The largest absolute Gasteiger partial charge is 0.446 e. The van der Waals surface area contributed by atoms with E-state index < -0.39 is 63.6 Å². The number of oxazole rings is 1. The van der Waals surface area contributed by atoms with Crippen molar-refractivity contribution in [1.82, 2.24) is 26.3 Å². The van der Waals surface area contributed by atoms with Crippen LogP contribution in [0.4, 0.5) is 4.79 Å². The van der Waals surface area contributed by atoms with Crippen LogP contribution in [-0.2, 0) is 35.6 Å². The lowest BCUT2D eigenvalue weighted by molar-refractivity contribution is -0.131. The molecular weight excluding hydrogens is 642 g/mol. The summed E-state index contributed by atoms with van der Waals surface area (Å²) in [5, 5.41) is 21.9. The summed E-state index contributed by atoms with van der Waals surface area (Å²) < 4.78 is 34.8. The van der Waals surface area contributed by atoms with Crippen molar-refractivity contribution < 1.29 is 41.9 Å². The molecule has 1 aromatic heterocycles. The number of carbonyl (C=O) groups excluding carboxylic acids is 4. The number of hydrogen-bond acceptors (Lipinski definition) is 10.